The maximum Gasteiger partial charge on any atom is 0.416 e. The predicted molar refractivity (Wildman–Crippen MR) is 80.7 cm³/mol. The third-order valence-corrected chi connectivity index (χ3v) is 3.46. The number of nitro benzene ring substituents is 1. The summed E-state index contributed by atoms with van der Waals surface area (Å²) in [4.78, 5) is 22.0. The Bertz CT molecular complexity index is 777. The highest BCUT2D eigenvalue weighted by Gasteiger charge is 2.29. The Morgan fingerprint density at radius 3 is 2.29 bits per heavy atom. The molecule has 1 amide bonds. The molecule has 2 rings (SSSR count). The number of amides is 1. The van der Waals surface area contributed by atoms with Crippen molar-refractivity contribution in [3.63, 3.8) is 0 Å². The van der Waals surface area contributed by atoms with Crippen LogP contribution in [0.2, 0.25) is 5.02 Å². The summed E-state index contributed by atoms with van der Waals surface area (Å²) >= 11 is 5.83. The molecule has 0 aliphatic carbocycles. The van der Waals surface area contributed by atoms with Gasteiger partial charge in [0, 0.05) is 18.7 Å². The van der Waals surface area contributed by atoms with Gasteiger partial charge in [0.1, 0.15) is 0 Å². The monoisotopic (exact) mass is 358 g/mol. The standard InChI is InChI=1S/C15H10ClF3N2O3/c16-13-7-11(21(23)24)5-6-12(13)14(22)20-8-9-1-3-10(4-2-9)15(17,18)19/h1-7H,8H2,(H,20,22). The molecule has 0 aliphatic rings. The number of carbonyl (C=O) groups is 1. The largest absolute Gasteiger partial charge is 0.416 e. The topological polar surface area (TPSA) is 72.2 Å². The molecule has 0 aliphatic heterocycles. The van der Waals surface area contributed by atoms with Crippen molar-refractivity contribution >= 4 is 23.2 Å². The first kappa shape index (κ1) is 17.7. The van der Waals surface area contributed by atoms with E-state index in [-0.39, 0.29) is 22.8 Å². The summed E-state index contributed by atoms with van der Waals surface area (Å²) < 4.78 is 37.4. The van der Waals surface area contributed by atoms with Gasteiger partial charge in [-0.15, -0.1) is 0 Å². The lowest BCUT2D eigenvalue weighted by Crippen LogP contribution is -2.23. The van der Waals surface area contributed by atoms with Crippen LogP contribution in [0.15, 0.2) is 42.5 Å². The van der Waals surface area contributed by atoms with Gasteiger partial charge in [-0.05, 0) is 23.8 Å². The van der Waals surface area contributed by atoms with E-state index >= 15 is 0 Å². The fraction of sp³-hybridized carbons (Fsp3) is 0.133. The first-order valence-corrected chi connectivity index (χ1v) is 6.94. The SMILES string of the molecule is O=C(NCc1ccc(C(F)(F)F)cc1)c1ccc([N+](=O)[O-])cc1Cl. The number of nitro groups is 1. The first-order valence-electron chi connectivity index (χ1n) is 6.57. The van der Waals surface area contributed by atoms with Crippen molar-refractivity contribution in [2.75, 3.05) is 0 Å². The number of rotatable bonds is 4. The van der Waals surface area contributed by atoms with Gasteiger partial charge >= 0.3 is 6.18 Å². The highest BCUT2D eigenvalue weighted by Crippen LogP contribution is 2.29. The van der Waals surface area contributed by atoms with E-state index in [1.807, 2.05) is 0 Å². The number of halogens is 4. The van der Waals surface area contributed by atoms with Crippen LogP contribution in [0.25, 0.3) is 0 Å². The molecule has 0 heterocycles. The summed E-state index contributed by atoms with van der Waals surface area (Å²) in [5.41, 5.74) is -0.529. The molecular weight excluding hydrogens is 349 g/mol. The molecular formula is C15H10ClF3N2O3. The van der Waals surface area contributed by atoms with Gasteiger partial charge in [-0.2, -0.15) is 13.2 Å². The number of non-ortho nitro benzene ring substituents is 1. The van der Waals surface area contributed by atoms with Crippen molar-refractivity contribution in [2.45, 2.75) is 12.7 Å². The zero-order chi connectivity index (χ0) is 17.9. The minimum Gasteiger partial charge on any atom is -0.348 e. The third kappa shape index (κ3) is 4.23. The number of alkyl halides is 3. The second-order valence-corrected chi connectivity index (χ2v) is 5.21. The van der Waals surface area contributed by atoms with Gasteiger partial charge in [-0.25, -0.2) is 0 Å². The molecule has 0 unspecified atom stereocenters. The lowest BCUT2D eigenvalue weighted by Gasteiger charge is -2.09. The smallest absolute Gasteiger partial charge is 0.348 e. The molecule has 0 atom stereocenters. The Labute approximate surface area is 139 Å². The van der Waals surface area contributed by atoms with Gasteiger partial charge in [-0.1, -0.05) is 23.7 Å². The molecule has 2 aromatic carbocycles. The number of hydrogen-bond acceptors (Lipinski definition) is 3. The molecule has 0 spiro atoms. The van der Waals surface area contributed by atoms with E-state index in [4.69, 9.17) is 11.6 Å². The van der Waals surface area contributed by atoms with E-state index in [9.17, 15) is 28.1 Å². The molecule has 1 N–H and O–H groups in total. The second kappa shape index (κ2) is 6.88. The Hall–Kier alpha value is -2.61. The van der Waals surface area contributed by atoms with E-state index in [0.717, 1.165) is 24.3 Å². The minimum absolute atomic E-state index is 0.00964. The highest BCUT2D eigenvalue weighted by atomic mass is 35.5. The molecule has 0 aromatic heterocycles. The van der Waals surface area contributed by atoms with E-state index in [0.29, 0.717) is 5.56 Å². The van der Waals surface area contributed by atoms with Crippen molar-refractivity contribution in [1.29, 1.82) is 0 Å². The van der Waals surface area contributed by atoms with Gasteiger partial charge in [0.05, 0.1) is 21.1 Å². The fourth-order valence-electron chi connectivity index (χ4n) is 1.89. The summed E-state index contributed by atoms with van der Waals surface area (Å²) in [7, 11) is 0. The Balaban J connectivity index is 2.04. The minimum atomic E-state index is -4.42. The number of nitrogens with one attached hydrogen (secondary N) is 1. The van der Waals surface area contributed by atoms with Gasteiger partial charge in [0.25, 0.3) is 11.6 Å². The molecule has 0 saturated carbocycles. The number of hydrogen-bond donors (Lipinski definition) is 1. The van der Waals surface area contributed by atoms with Crippen LogP contribution >= 0.6 is 11.6 Å². The molecule has 0 saturated heterocycles. The van der Waals surface area contributed by atoms with Crippen LogP contribution in [-0.2, 0) is 12.7 Å². The average Bonchev–Trinajstić information content (AvgIpc) is 2.52. The van der Waals surface area contributed by atoms with Crippen LogP contribution in [0.5, 0.6) is 0 Å². The van der Waals surface area contributed by atoms with Crippen LogP contribution in [0, 0.1) is 10.1 Å². The van der Waals surface area contributed by atoms with Gasteiger partial charge in [0.15, 0.2) is 0 Å². The molecule has 24 heavy (non-hydrogen) atoms. The molecule has 0 bridgehead atoms. The summed E-state index contributed by atoms with van der Waals surface area (Å²) in [5.74, 6) is -0.588. The number of nitrogens with zero attached hydrogens (tertiary/aromatic N) is 1. The zero-order valence-electron chi connectivity index (χ0n) is 11.9. The van der Waals surface area contributed by atoms with E-state index in [1.165, 1.54) is 18.2 Å². The van der Waals surface area contributed by atoms with Gasteiger partial charge in [0.2, 0.25) is 0 Å². The summed E-state index contributed by atoms with van der Waals surface area (Å²) in [5, 5.41) is 13.0. The summed E-state index contributed by atoms with van der Waals surface area (Å²) in [6.07, 6.45) is -4.42. The van der Waals surface area contributed by atoms with Crippen LogP contribution in [0.1, 0.15) is 21.5 Å². The normalized spacial score (nSPS) is 11.2. The summed E-state index contributed by atoms with van der Waals surface area (Å²) in [6, 6.07) is 7.73. The van der Waals surface area contributed by atoms with E-state index in [2.05, 4.69) is 5.32 Å². The molecule has 0 fully saturated rings. The van der Waals surface area contributed by atoms with Crippen molar-refractivity contribution < 1.29 is 22.9 Å². The maximum absolute atomic E-state index is 12.5. The van der Waals surface area contributed by atoms with Gasteiger partial charge < -0.3 is 5.32 Å². The maximum atomic E-state index is 12.5. The van der Waals surface area contributed by atoms with Crippen molar-refractivity contribution in [3.8, 4) is 0 Å². The van der Waals surface area contributed by atoms with Crippen molar-refractivity contribution in [1.82, 2.24) is 5.32 Å². The quantitative estimate of drug-likeness (QED) is 0.657. The van der Waals surface area contributed by atoms with E-state index < -0.39 is 22.6 Å². The molecule has 0 radical (unpaired) electrons. The van der Waals surface area contributed by atoms with Gasteiger partial charge in [-0.3, -0.25) is 14.9 Å². The fourth-order valence-corrected chi connectivity index (χ4v) is 2.15. The summed E-state index contributed by atoms with van der Waals surface area (Å²) in [6.45, 7) is -0.00964. The van der Waals surface area contributed by atoms with Crippen LogP contribution in [-0.4, -0.2) is 10.8 Å². The Kier molecular flexibility index (Phi) is 5.08. The lowest BCUT2D eigenvalue weighted by atomic mass is 10.1. The molecule has 126 valence electrons. The number of benzene rings is 2. The highest BCUT2D eigenvalue weighted by molar-refractivity contribution is 6.34. The Morgan fingerprint density at radius 1 is 1.17 bits per heavy atom. The van der Waals surface area contributed by atoms with E-state index in [1.54, 1.807) is 0 Å². The van der Waals surface area contributed by atoms with Crippen molar-refractivity contribution in [3.05, 3.63) is 74.3 Å². The van der Waals surface area contributed by atoms with Crippen LogP contribution in [0.4, 0.5) is 18.9 Å². The lowest BCUT2D eigenvalue weighted by molar-refractivity contribution is -0.384. The number of carbonyl (C=O) groups excluding carboxylic acids is 1. The third-order valence-electron chi connectivity index (χ3n) is 3.14. The zero-order valence-corrected chi connectivity index (χ0v) is 12.7. The first-order chi connectivity index (χ1) is 11.2. The van der Waals surface area contributed by atoms with Crippen LogP contribution < -0.4 is 5.32 Å². The predicted octanol–water partition coefficient (Wildman–Crippen LogP) is 4.20. The Morgan fingerprint density at radius 2 is 1.79 bits per heavy atom. The molecule has 9 heteroatoms. The molecule has 2 aromatic rings. The van der Waals surface area contributed by atoms with Crippen LogP contribution in [0.3, 0.4) is 0 Å². The molecule has 5 nitrogen and oxygen atoms in total. The second-order valence-electron chi connectivity index (χ2n) is 4.80. The average molecular weight is 359 g/mol. The van der Waals surface area contributed by atoms with Crippen molar-refractivity contribution in [2.24, 2.45) is 0 Å².